The minimum atomic E-state index is 0.649. The number of oxazole rings is 1. The molecule has 0 atom stereocenters. The number of benzene rings is 2. The molecule has 0 fully saturated rings. The lowest BCUT2D eigenvalue weighted by molar-refractivity contribution is 0.617. The zero-order chi connectivity index (χ0) is 13.6. The van der Waals surface area contributed by atoms with Gasteiger partial charge in [-0.05, 0) is 50.6 Å². The van der Waals surface area contributed by atoms with Crippen LogP contribution in [0.3, 0.4) is 0 Å². The first-order valence-corrected chi connectivity index (χ1v) is 6.28. The summed E-state index contributed by atoms with van der Waals surface area (Å²) in [4.78, 5) is 4.54. The molecule has 0 radical (unpaired) electrons. The largest absolute Gasteiger partial charge is 0.436 e. The number of aryl methyl sites for hydroxylation is 3. The predicted molar refractivity (Wildman–Crippen MR) is 78.1 cm³/mol. The third kappa shape index (κ3) is 2.08. The maximum atomic E-state index is 5.88. The molecule has 3 heteroatoms. The second kappa shape index (κ2) is 4.12. The number of aromatic nitrogens is 1. The molecule has 1 aromatic heterocycles. The van der Waals surface area contributed by atoms with Crippen molar-refractivity contribution in [3.8, 4) is 11.5 Å². The number of hydrogen-bond donors (Lipinski definition) is 1. The van der Waals surface area contributed by atoms with Crippen molar-refractivity contribution >= 4 is 16.8 Å². The molecule has 19 heavy (non-hydrogen) atoms. The zero-order valence-corrected chi connectivity index (χ0v) is 11.3. The molecule has 0 unspecified atom stereocenters. The topological polar surface area (TPSA) is 52.0 Å². The van der Waals surface area contributed by atoms with Gasteiger partial charge >= 0.3 is 0 Å². The van der Waals surface area contributed by atoms with Crippen LogP contribution >= 0.6 is 0 Å². The fraction of sp³-hybridized carbons (Fsp3) is 0.188. The molecule has 2 N–H and O–H groups in total. The summed E-state index contributed by atoms with van der Waals surface area (Å²) in [6.07, 6.45) is 0. The molecule has 0 aliphatic heterocycles. The summed E-state index contributed by atoms with van der Waals surface area (Å²) in [5.41, 5.74) is 12.6. The summed E-state index contributed by atoms with van der Waals surface area (Å²) >= 11 is 0. The average molecular weight is 252 g/mol. The van der Waals surface area contributed by atoms with Crippen LogP contribution in [-0.4, -0.2) is 4.98 Å². The van der Waals surface area contributed by atoms with E-state index < -0.39 is 0 Å². The van der Waals surface area contributed by atoms with Crippen LogP contribution in [0.15, 0.2) is 34.7 Å². The van der Waals surface area contributed by atoms with E-state index in [9.17, 15) is 0 Å². The van der Waals surface area contributed by atoms with E-state index in [1.165, 1.54) is 11.1 Å². The highest BCUT2D eigenvalue weighted by molar-refractivity contribution is 5.82. The van der Waals surface area contributed by atoms with E-state index in [1.807, 2.05) is 19.1 Å². The first-order valence-electron chi connectivity index (χ1n) is 6.28. The Kier molecular flexibility index (Phi) is 2.56. The minimum absolute atomic E-state index is 0.649. The molecular weight excluding hydrogens is 236 g/mol. The van der Waals surface area contributed by atoms with Crippen molar-refractivity contribution in [1.29, 1.82) is 0 Å². The van der Waals surface area contributed by atoms with Crippen molar-refractivity contribution in [2.75, 3.05) is 5.73 Å². The first-order chi connectivity index (χ1) is 9.02. The standard InChI is InChI=1S/C16H16N2O/c1-9-4-10(2)6-12(5-9)16-18-14-8-13(17)7-11(3)15(14)19-16/h4-8H,17H2,1-3H3. The number of nitrogens with two attached hydrogens (primary N) is 1. The van der Waals surface area contributed by atoms with Gasteiger partial charge in [-0.3, -0.25) is 0 Å². The molecule has 3 nitrogen and oxygen atoms in total. The third-order valence-electron chi connectivity index (χ3n) is 3.17. The van der Waals surface area contributed by atoms with Crippen LogP contribution in [0.25, 0.3) is 22.6 Å². The fourth-order valence-corrected chi connectivity index (χ4v) is 2.45. The maximum absolute atomic E-state index is 5.88. The fourth-order valence-electron chi connectivity index (χ4n) is 2.45. The molecule has 1 heterocycles. The van der Waals surface area contributed by atoms with Gasteiger partial charge in [0, 0.05) is 11.3 Å². The summed E-state index contributed by atoms with van der Waals surface area (Å²) in [5.74, 6) is 0.649. The van der Waals surface area contributed by atoms with Crippen LogP contribution in [0.1, 0.15) is 16.7 Å². The Morgan fingerprint density at radius 1 is 0.947 bits per heavy atom. The van der Waals surface area contributed by atoms with Gasteiger partial charge in [0.05, 0.1) is 0 Å². The number of nitrogens with zero attached hydrogens (tertiary/aromatic N) is 1. The summed E-state index contributed by atoms with van der Waals surface area (Å²) in [6, 6.07) is 10.0. The first kappa shape index (κ1) is 11.8. The van der Waals surface area contributed by atoms with E-state index >= 15 is 0 Å². The average Bonchev–Trinajstić information content (AvgIpc) is 2.71. The van der Waals surface area contributed by atoms with Crippen LogP contribution < -0.4 is 5.73 Å². The summed E-state index contributed by atoms with van der Waals surface area (Å²) in [5, 5.41) is 0. The lowest BCUT2D eigenvalue weighted by Gasteiger charge is -2.00. The smallest absolute Gasteiger partial charge is 0.227 e. The van der Waals surface area contributed by atoms with Gasteiger partial charge in [0.15, 0.2) is 5.58 Å². The molecule has 3 rings (SSSR count). The predicted octanol–water partition coefficient (Wildman–Crippen LogP) is 4.00. The molecular formula is C16H16N2O. The molecule has 0 saturated carbocycles. The van der Waals surface area contributed by atoms with Gasteiger partial charge in [-0.2, -0.15) is 0 Å². The summed E-state index contributed by atoms with van der Waals surface area (Å²) in [7, 11) is 0. The van der Waals surface area contributed by atoms with Crippen molar-refractivity contribution in [3.05, 3.63) is 47.0 Å². The molecule has 3 aromatic rings. The molecule has 0 aliphatic carbocycles. The molecule has 0 saturated heterocycles. The zero-order valence-electron chi connectivity index (χ0n) is 11.3. The Bertz CT molecular complexity index is 752. The normalized spacial score (nSPS) is 11.1. The maximum Gasteiger partial charge on any atom is 0.227 e. The van der Waals surface area contributed by atoms with Crippen LogP contribution in [0.4, 0.5) is 5.69 Å². The summed E-state index contributed by atoms with van der Waals surface area (Å²) in [6.45, 7) is 6.12. The number of rotatable bonds is 1. The van der Waals surface area contributed by atoms with E-state index in [0.717, 1.165) is 22.2 Å². The number of nitrogen functional groups attached to an aromatic ring is 1. The van der Waals surface area contributed by atoms with Gasteiger partial charge in [-0.15, -0.1) is 0 Å². The van der Waals surface area contributed by atoms with E-state index in [0.29, 0.717) is 11.6 Å². The van der Waals surface area contributed by atoms with E-state index in [2.05, 4.69) is 37.0 Å². The van der Waals surface area contributed by atoms with Crippen LogP contribution in [0.2, 0.25) is 0 Å². The van der Waals surface area contributed by atoms with Crippen molar-refractivity contribution < 1.29 is 4.42 Å². The number of hydrogen-bond acceptors (Lipinski definition) is 3. The van der Waals surface area contributed by atoms with Gasteiger partial charge in [-0.25, -0.2) is 4.98 Å². The SMILES string of the molecule is Cc1cc(C)cc(-c2nc3cc(N)cc(C)c3o2)c1. The van der Waals surface area contributed by atoms with E-state index in [1.54, 1.807) is 0 Å². The highest BCUT2D eigenvalue weighted by atomic mass is 16.3. The van der Waals surface area contributed by atoms with Crippen molar-refractivity contribution in [2.24, 2.45) is 0 Å². The summed E-state index contributed by atoms with van der Waals surface area (Å²) < 4.78 is 5.88. The van der Waals surface area contributed by atoms with Gasteiger partial charge in [-0.1, -0.05) is 17.2 Å². The second-order valence-corrected chi connectivity index (χ2v) is 5.08. The molecule has 0 aliphatic rings. The lowest BCUT2D eigenvalue weighted by atomic mass is 10.1. The molecule has 0 amide bonds. The third-order valence-corrected chi connectivity index (χ3v) is 3.17. The van der Waals surface area contributed by atoms with Gasteiger partial charge in [0.1, 0.15) is 5.52 Å². The Morgan fingerprint density at radius 2 is 1.63 bits per heavy atom. The van der Waals surface area contributed by atoms with Crippen molar-refractivity contribution in [1.82, 2.24) is 4.98 Å². The number of anilines is 1. The van der Waals surface area contributed by atoms with Crippen molar-refractivity contribution in [2.45, 2.75) is 20.8 Å². The monoisotopic (exact) mass is 252 g/mol. The van der Waals surface area contributed by atoms with Gasteiger partial charge in [0.25, 0.3) is 0 Å². The Balaban J connectivity index is 2.23. The van der Waals surface area contributed by atoms with Crippen molar-refractivity contribution in [3.63, 3.8) is 0 Å². The Hall–Kier alpha value is -2.29. The Labute approximate surface area is 112 Å². The highest BCUT2D eigenvalue weighted by Gasteiger charge is 2.11. The lowest BCUT2D eigenvalue weighted by Crippen LogP contribution is -1.85. The minimum Gasteiger partial charge on any atom is -0.436 e. The second-order valence-electron chi connectivity index (χ2n) is 5.08. The molecule has 0 spiro atoms. The van der Waals surface area contributed by atoms with Gasteiger partial charge < -0.3 is 10.2 Å². The highest BCUT2D eigenvalue weighted by Crippen LogP contribution is 2.29. The quantitative estimate of drug-likeness (QED) is 0.666. The van der Waals surface area contributed by atoms with Gasteiger partial charge in [0.2, 0.25) is 5.89 Å². The van der Waals surface area contributed by atoms with E-state index in [-0.39, 0.29) is 0 Å². The molecule has 96 valence electrons. The van der Waals surface area contributed by atoms with Crippen LogP contribution in [0.5, 0.6) is 0 Å². The molecule has 0 bridgehead atoms. The molecule has 2 aromatic carbocycles. The van der Waals surface area contributed by atoms with Crippen LogP contribution in [0, 0.1) is 20.8 Å². The van der Waals surface area contributed by atoms with Crippen LogP contribution in [-0.2, 0) is 0 Å². The number of fused-ring (bicyclic) bond motifs is 1. The van der Waals surface area contributed by atoms with E-state index in [4.69, 9.17) is 10.2 Å². The Morgan fingerprint density at radius 3 is 2.32 bits per heavy atom.